The van der Waals surface area contributed by atoms with Gasteiger partial charge in [0.2, 0.25) is 0 Å². The maximum absolute atomic E-state index is 12.5. The first kappa shape index (κ1) is 19.9. The first-order valence-corrected chi connectivity index (χ1v) is 8.18. The third-order valence-corrected chi connectivity index (χ3v) is 3.97. The second kappa shape index (κ2) is 8.79. The summed E-state index contributed by atoms with van der Waals surface area (Å²) in [6, 6.07) is 3.18. The zero-order valence-corrected chi connectivity index (χ0v) is 15.0. The normalized spacial score (nSPS) is 11.6. The fourth-order valence-electron chi connectivity index (χ4n) is 2.65. The van der Waals surface area contributed by atoms with Gasteiger partial charge in [-0.1, -0.05) is 0 Å². The third-order valence-electron chi connectivity index (χ3n) is 3.97. The summed E-state index contributed by atoms with van der Waals surface area (Å²) in [6.45, 7) is 0.218. The molecule has 1 heterocycles. The lowest BCUT2D eigenvalue weighted by Crippen LogP contribution is -2.41. The maximum atomic E-state index is 12.5. The molecular formula is C17H22N4O6. The fourth-order valence-corrected chi connectivity index (χ4v) is 2.65. The van der Waals surface area contributed by atoms with Gasteiger partial charge in [0.15, 0.2) is 0 Å². The summed E-state index contributed by atoms with van der Waals surface area (Å²) in [4.78, 5) is 37.4. The number of carbonyl (C=O) groups is 3. The first-order valence-electron chi connectivity index (χ1n) is 8.18. The van der Waals surface area contributed by atoms with E-state index >= 15 is 0 Å². The number of urea groups is 1. The molecule has 1 atom stereocenters. The van der Waals surface area contributed by atoms with Crippen LogP contribution in [0.2, 0.25) is 0 Å². The smallest absolute Gasteiger partial charge is 0.326 e. The van der Waals surface area contributed by atoms with Crippen LogP contribution in [0, 0.1) is 0 Å². The van der Waals surface area contributed by atoms with E-state index in [1.165, 1.54) is 14.2 Å². The van der Waals surface area contributed by atoms with E-state index in [0.29, 0.717) is 28.8 Å². The highest BCUT2D eigenvalue weighted by molar-refractivity contribution is 6.02. The molecule has 1 aromatic carbocycles. The molecule has 6 N–H and O–H groups in total. The van der Waals surface area contributed by atoms with Crippen molar-refractivity contribution >= 4 is 28.8 Å². The number of fused-ring (bicyclic) bond motifs is 1. The number of aliphatic carboxylic acids is 1. The minimum absolute atomic E-state index is 0.133. The number of rotatable bonds is 9. The van der Waals surface area contributed by atoms with Gasteiger partial charge in [0.05, 0.1) is 19.7 Å². The lowest BCUT2D eigenvalue weighted by atomic mass is 10.1. The fraction of sp³-hybridized carbons (Fsp3) is 0.353. The Morgan fingerprint density at radius 3 is 2.48 bits per heavy atom. The van der Waals surface area contributed by atoms with Crippen LogP contribution in [0.4, 0.5) is 4.79 Å². The summed E-state index contributed by atoms with van der Waals surface area (Å²) in [6.07, 6.45) is 0.475. The summed E-state index contributed by atoms with van der Waals surface area (Å²) in [7, 11) is 3.01. The Morgan fingerprint density at radius 2 is 1.89 bits per heavy atom. The van der Waals surface area contributed by atoms with Gasteiger partial charge in [0.1, 0.15) is 23.2 Å². The van der Waals surface area contributed by atoms with Crippen molar-refractivity contribution in [2.45, 2.75) is 18.9 Å². The Balaban J connectivity index is 2.15. The largest absolute Gasteiger partial charge is 0.496 e. The van der Waals surface area contributed by atoms with E-state index in [1.807, 2.05) is 0 Å². The predicted octanol–water partition coefficient (Wildman–Crippen LogP) is 0.817. The SMILES string of the molecule is COc1ccc(OC)c2[nH]c(C(=O)N[C@@H](CCCNC(N)=O)C(=O)O)cc12. The van der Waals surface area contributed by atoms with E-state index in [-0.39, 0.29) is 18.7 Å². The molecule has 0 fully saturated rings. The zero-order valence-electron chi connectivity index (χ0n) is 15.0. The molecule has 0 radical (unpaired) electrons. The van der Waals surface area contributed by atoms with Crippen LogP contribution in [-0.4, -0.2) is 54.8 Å². The van der Waals surface area contributed by atoms with E-state index < -0.39 is 23.9 Å². The summed E-state index contributed by atoms with van der Waals surface area (Å²) >= 11 is 0. The molecule has 0 aliphatic carbocycles. The number of nitrogens with one attached hydrogen (secondary N) is 3. The number of amides is 3. The van der Waals surface area contributed by atoms with Crippen LogP contribution in [0.5, 0.6) is 11.5 Å². The van der Waals surface area contributed by atoms with E-state index in [9.17, 15) is 19.5 Å². The third kappa shape index (κ3) is 4.81. The highest BCUT2D eigenvalue weighted by Gasteiger charge is 2.22. The Hall–Kier alpha value is -3.43. The summed E-state index contributed by atoms with van der Waals surface area (Å²) < 4.78 is 10.5. The van der Waals surface area contributed by atoms with Crippen LogP contribution >= 0.6 is 0 Å². The molecule has 0 aliphatic heterocycles. The van der Waals surface area contributed by atoms with Crippen LogP contribution in [0.3, 0.4) is 0 Å². The molecular weight excluding hydrogens is 356 g/mol. The highest BCUT2D eigenvalue weighted by atomic mass is 16.5. The van der Waals surface area contributed by atoms with Crippen LogP contribution in [0.15, 0.2) is 18.2 Å². The summed E-state index contributed by atoms with van der Waals surface area (Å²) in [5, 5.41) is 14.8. The standard InChI is InChI=1S/C17H22N4O6/c1-26-12-5-6-13(27-2)14-9(12)8-11(20-14)15(22)21-10(16(23)24)4-3-7-19-17(18)25/h5-6,8,10,20H,3-4,7H2,1-2H3,(H,21,22)(H,23,24)(H3,18,19,25)/t10-/m0/s1. The number of carboxylic acid groups (broad SMARTS) is 1. The lowest BCUT2D eigenvalue weighted by molar-refractivity contribution is -0.139. The van der Waals surface area contributed by atoms with Gasteiger partial charge in [0.25, 0.3) is 5.91 Å². The van der Waals surface area contributed by atoms with Gasteiger partial charge in [-0.3, -0.25) is 4.79 Å². The number of ether oxygens (including phenoxy) is 2. The summed E-state index contributed by atoms with van der Waals surface area (Å²) in [5.74, 6) is -0.676. The van der Waals surface area contributed by atoms with Crippen molar-refractivity contribution in [1.29, 1.82) is 0 Å². The van der Waals surface area contributed by atoms with Crippen molar-refractivity contribution in [2.24, 2.45) is 5.73 Å². The van der Waals surface area contributed by atoms with Crippen LogP contribution in [0.1, 0.15) is 23.3 Å². The van der Waals surface area contributed by atoms with Crippen LogP contribution in [-0.2, 0) is 4.79 Å². The minimum Gasteiger partial charge on any atom is -0.496 e. The molecule has 2 rings (SSSR count). The average molecular weight is 378 g/mol. The molecule has 10 nitrogen and oxygen atoms in total. The van der Waals surface area contributed by atoms with Crippen molar-refractivity contribution in [2.75, 3.05) is 20.8 Å². The van der Waals surface area contributed by atoms with Crippen molar-refractivity contribution < 1.29 is 29.0 Å². The highest BCUT2D eigenvalue weighted by Crippen LogP contribution is 2.33. The number of primary amides is 1. The quantitative estimate of drug-likeness (QED) is 0.407. The Labute approximate surface area is 155 Å². The topological polar surface area (TPSA) is 156 Å². The number of carboxylic acids is 1. The van der Waals surface area contributed by atoms with E-state index in [2.05, 4.69) is 15.6 Å². The van der Waals surface area contributed by atoms with Gasteiger partial charge in [-0.05, 0) is 31.0 Å². The van der Waals surface area contributed by atoms with Crippen molar-refractivity contribution in [3.05, 3.63) is 23.9 Å². The van der Waals surface area contributed by atoms with Crippen molar-refractivity contribution in [3.63, 3.8) is 0 Å². The van der Waals surface area contributed by atoms with Crippen molar-refractivity contribution in [1.82, 2.24) is 15.6 Å². The number of hydrogen-bond donors (Lipinski definition) is 5. The molecule has 0 unspecified atom stereocenters. The molecule has 0 spiro atoms. The average Bonchev–Trinajstić information content (AvgIpc) is 3.08. The Bertz CT molecular complexity index is 806. The second-order valence-electron chi connectivity index (χ2n) is 5.74. The number of carbonyl (C=O) groups excluding carboxylic acids is 2. The molecule has 0 saturated heterocycles. The zero-order chi connectivity index (χ0) is 20.0. The number of H-pyrrole nitrogens is 1. The molecule has 3 amide bonds. The second-order valence-corrected chi connectivity index (χ2v) is 5.74. The molecule has 1 aromatic heterocycles. The predicted molar refractivity (Wildman–Crippen MR) is 97.1 cm³/mol. The molecule has 146 valence electrons. The molecule has 0 saturated carbocycles. The van der Waals surface area contributed by atoms with E-state index in [1.54, 1.807) is 18.2 Å². The van der Waals surface area contributed by atoms with Crippen LogP contribution < -0.4 is 25.8 Å². The van der Waals surface area contributed by atoms with Gasteiger partial charge in [0, 0.05) is 11.9 Å². The number of aromatic amines is 1. The Kier molecular flexibility index (Phi) is 6.47. The summed E-state index contributed by atoms with van der Waals surface area (Å²) in [5.41, 5.74) is 5.69. The Morgan fingerprint density at radius 1 is 1.22 bits per heavy atom. The first-order chi connectivity index (χ1) is 12.9. The lowest BCUT2D eigenvalue weighted by Gasteiger charge is -2.14. The van der Waals surface area contributed by atoms with Gasteiger partial charge in [-0.15, -0.1) is 0 Å². The van der Waals surface area contributed by atoms with E-state index in [0.717, 1.165) is 0 Å². The molecule has 27 heavy (non-hydrogen) atoms. The molecule has 10 heteroatoms. The number of benzene rings is 1. The number of aromatic nitrogens is 1. The molecule has 0 aliphatic rings. The molecule has 2 aromatic rings. The van der Waals surface area contributed by atoms with Crippen LogP contribution in [0.25, 0.3) is 10.9 Å². The maximum Gasteiger partial charge on any atom is 0.326 e. The minimum atomic E-state index is -1.17. The number of methoxy groups -OCH3 is 2. The van der Waals surface area contributed by atoms with Gasteiger partial charge in [-0.25, -0.2) is 9.59 Å². The van der Waals surface area contributed by atoms with Crippen molar-refractivity contribution in [3.8, 4) is 11.5 Å². The van der Waals surface area contributed by atoms with E-state index in [4.69, 9.17) is 15.2 Å². The van der Waals surface area contributed by atoms with Gasteiger partial charge < -0.3 is 35.9 Å². The van der Waals surface area contributed by atoms with Gasteiger partial charge in [-0.2, -0.15) is 0 Å². The monoisotopic (exact) mass is 378 g/mol. The molecule has 0 bridgehead atoms. The van der Waals surface area contributed by atoms with Gasteiger partial charge >= 0.3 is 12.0 Å². The number of hydrogen-bond acceptors (Lipinski definition) is 5. The number of nitrogens with two attached hydrogens (primary N) is 1.